The maximum atomic E-state index is 11.8. The maximum Gasteiger partial charge on any atom is 0.249 e. The summed E-state index contributed by atoms with van der Waals surface area (Å²) in [6.07, 6.45) is 3.39. The summed E-state index contributed by atoms with van der Waals surface area (Å²) < 4.78 is 0. The Morgan fingerprint density at radius 2 is 1.83 bits per heavy atom. The van der Waals surface area contributed by atoms with Gasteiger partial charge in [-0.25, -0.2) is 0 Å². The molecular weight excluding hydrogens is 290 g/mol. The SMILES string of the molecule is CCN1CCC(c2ccc(NC3CCC(=O)NC3=O)cc2)CC1. The molecular formula is C18H25N3O2. The van der Waals surface area contributed by atoms with E-state index in [9.17, 15) is 9.59 Å². The van der Waals surface area contributed by atoms with Crippen molar-refractivity contribution in [3.63, 3.8) is 0 Å². The summed E-state index contributed by atoms with van der Waals surface area (Å²) in [6, 6.07) is 8.11. The molecule has 2 amide bonds. The Morgan fingerprint density at radius 1 is 1.13 bits per heavy atom. The average molecular weight is 315 g/mol. The van der Waals surface area contributed by atoms with Crippen LogP contribution in [0.15, 0.2) is 24.3 Å². The summed E-state index contributed by atoms with van der Waals surface area (Å²) in [4.78, 5) is 25.5. The molecule has 0 aliphatic carbocycles. The molecule has 2 aliphatic heterocycles. The summed E-state index contributed by atoms with van der Waals surface area (Å²) in [5.74, 6) is 0.238. The van der Waals surface area contributed by atoms with E-state index in [1.165, 1.54) is 31.5 Å². The average Bonchev–Trinajstić information content (AvgIpc) is 2.58. The van der Waals surface area contributed by atoms with Gasteiger partial charge in [-0.05, 0) is 62.5 Å². The molecule has 1 aromatic carbocycles. The minimum Gasteiger partial charge on any atom is -0.374 e. The first-order valence-corrected chi connectivity index (χ1v) is 8.58. The van der Waals surface area contributed by atoms with Crippen molar-refractivity contribution in [1.82, 2.24) is 10.2 Å². The van der Waals surface area contributed by atoms with Gasteiger partial charge in [0.25, 0.3) is 0 Å². The van der Waals surface area contributed by atoms with Crippen molar-refractivity contribution in [2.24, 2.45) is 0 Å². The van der Waals surface area contributed by atoms with Gasteiger partial charge in [0, 0.05) is 12.1 Å². The summed E-state index contributed by atoms with van der Waals surface area (Å²) >= 11 is 0. The van der Waals surface area contributed by atoms with Crippen molar-refractivity contribution in [3.05, 3.63) is 29.8 Å². The van der Waals surface area contributed by atoms with Crippen LogP contribution in [-0.4, -0.2) is 42.4 Å². The summed E-state index contributed by atoms with van der Waals surface area (Å²) in [7, 11) is 0. The number of hydrogen-bond acceptors (Lipinski definition) is 4. The van der Waals surface area contributed by atoms with Crippen molar-refractivity contribution >= 4 is 17.5 Å². The number of carbonyl (C=O) groups excluding carboxylic acids is 2. The number of nitrogens with zero attached hydrogens (tertiary/aromatic N) is 1. The van der Waals surface area contributed by atoms with Crippen LogP contribution in [0.2, 0.25) is 0 Å². The molecule has 5 heteroatoms. The van der Waals surface area contributed by atoms with Gasteiger partial charge in [-0.2, -0.15) is 0 Å². The molecule has 1 atom stereocenters. The molecule has 5 nitrogen and oxygen atoms in total. The Morgan fingerprint density at radius 3 is 2.43 bits per heavy atom. The molecule has 1 aromatic rings. The van der Waals surface area contributed by atoms with Gasteiger partial charge in [0.2, 0.25) is 11.8 Å². The number of benzene rings is 1. The third-order valence-corrected chi connectivity index (χ3v) is 5.00. The molecule has 0 radical (unpaired) electrons. The molecule has 3 rings (SSSR count). The van der Waals surface area contributed by atoms with Gasteiger partial charge < -0.3 is 10.2 Å². The minimum absolute atomic E-state index is 0.179. The number of piperidine rings is 2. The molecule has 23 heavy (non-hydrogen) atoms. The standard InChI is InChI=1S/C18H25N3O2/c1-2-21-11-9-14(10-12-21)13-3-5-15(6-4-13)19-16-7-8-17(22)20-18(16)23/h3-6,14,16,19H,2,7-12H2,1H3,(H,20,22,23). The summed E-state index contributed by atoms with van der Waals surface area (Å²) in [5, 5.41) is 5.60. The lowest BCUT2D eigenvalue weighted by molar-refractivity contribution is -0.133. The fourth-order valence-corrected chi connectivity index (χ4v) is 3.47. The van der Waals surface area contributed by atoms with Gasteiger partial charge >= 0.3 is 0 Å². The highest BCUT2D eigenvalue weighted by molar-refractivity contribution is 6.01. The van der Waals surface area contributed by atoms with Crippen LogP contribution >= 0.6 is 0 Å². The maximum absolute atomic E-state index is 11.8. The quantitative estimate of drug-likeness (QED) is 0.835. The molecule has 2 fully saturated rings. The summed E-state index contributed by atoms with van der Waals surface area (Å²) in [6.45, 7) is 5.71. The molecule has 2 N–H and O–H groups in total. The molecule has 1 unspecified atom stereocenters. The van der Waals surface area contributed by atoms with E-state index >= 15 is 0 Å². The van der Waals surface area contributed by atoms with E-state index in [0.29, 0.717) is 18.8 Å². The van der Waals surface area contributed by atoms with Crippen LogP contribution in [0.1, 0.15) is 44.1 Å². The van der Waals surface area contributed by atoms with Crippen LogP contribution in [0.25, 0.3) is 0 Å². The van der Waals surface area contributed by atoms with E-state index in [1.807, 2.05) is 12.1 Å². The van der Waals surface area contributed by atoms with Crippen molar-refractivity contribution < 1.29 is 9.59 Å². The molecule has 0 bridgehead atoms. The Bertz CT molecular complexity index is 562. The normalized spacial score (nSPS) is 23.6. The largest absolute Gasteiger partial charge is 0.374 e. The van der Waals surface area contributed by atoms with Crippen molar-refractivity contribution in [2.45, 2.75) is 44.6 Å². The Balaban J connectivity index is 1.57. The van der Waals surface area contributed by atoms with Crippen molar-refractivity contribution in [2.75, 3.05) is 25.0 Å². The molecule has 2 heterocycles. The highest BCUT2D eigenvalue weighted by Gasteiger charge is 2.26. The lowest BCUT2D eigenvalue weighted by Gasteiger charge is -2.31. The van der Waals surface area contributed by atoms with Gasteiger partial charge in [0.15, 0.2) is 0 Å². The summed E-state index contributed by atoms with van der Waals surface area (Å²) in [5.41, 5.74) is 2.32. The highest BCUT2D eigenvalue weighted by atomic mass is 16.2. The molecule has 2 saturated heterocycles. The predicted molar refractivity (Wildman–Crippen MR) is 90.3 cm³/mol. The lowest BCUT2D eigenvalue weighted by atomic mass is 9.89. The van der Waals surface area contributed by atoms with Crippen LogP contribution < -0.4 is 10.6 Å². The number of anilines is 1. The Labute approximate surface area is 137 Å². The zero-order chi connectivity index (χ0) is 16.2. The topological polar surface area (TPSA) is 61.4 Å². The number of imide groups is 1. The zero-order valence-electron chi connectivity index (χ0n) is 13.7. The Kier molecular flexibility index (Phi) is 4.96. The first kappa shape index (κ1) is 16.0. The molecule has 0 aromatic heterocycles. The zero-order valence-corrected chi connectivity index (χ0v) is 13.7. The van der Waals surface area contributed by atoms with Crippen molar-refractivity contribution in [3.8, 4) is 0 Å². The van der Waals surface area contributed by atoms with Gasteiger partial charge in [0.05, 0.1) is 0 Å². The van der Waals surface area contributed by atoms with Crippen molar-refractivity contribution in [1.29, 1.82) is 0 Å². The van der Waals surface area contributed by atoms with Crippen LogP contribution in [0, 0.1) is 0 Å². The minimum atomic E-state index is -0.314. The number of hydrogen-bond donors (Lipinski definition) is 2. The Hall–Kier alpha value is -1.88. The predicted octanol–water partition coefficient (Wildman–Crippen LogP) is 2.10. The van der Waals surface area contributed by atoms with Crippen LogP contribution in [0.4, 0.5) is 5.69 Å². The number of amides is 2. The van der Waals surface area contributed by atoms with Gasteiger partial charge in [0.1, 0.15) is 6.04 Å². The third kappa shape index (κ3) is 3.91. The number of rotatable bonds is 4. The first-order valence-electron chi connectivity index (χ1n) is 8.58. The van der Waals surface area contributed by atoms with E-state index in [2.05, 4.69) is 34.6 Å². The molecule has 124 valence electrons. The second kappa shape index (κ2) is 7.13. The fraction of sp³-hybridized carbons (Fsp3) is 0.556. The van der Waals surface area contributed by atoms with Gasteiger partial charge in [-0.3, -0.25) is 14.9 Å². The van der Waals surface area contributed by atoms with E-state index in [0.717, 1.165) is 12.2 Å². The number of likely N-dealkylation sites (tertiary alicyclic amines) is 1. The highest BCUT2D eigenvalue weighted by Crippen LogP contribution is 2.29. The van der Waals surface area contributed by atoms with E-state index < -0.39 is 0 Å². The van der Waals surface area contributed by atoms with Crippen LogP contribution in [0.3, 0.4) is 0 Å². The second-order valence-corrected chi connectivity index (χ2v) is 6.48. The number of carbonyl (C=O) groups is 2. The van der Waals surface area contributed by atoms with Gasteiger partial charge in [-0.15, -0.1) is 0 Å². The second-order valence-electron chi connectivity index (χ2n) is 6.48. The smallest absolute Gasteiger partial charge is 0.249 e. The fourth-order valence-electron chi connectivity index (χ4n) is 3.47. The first-order chi connectivity index (χ1) is 11.2. The monoisotopic (exact) mass is 315 g/mol. The molecule has 0 spiro atoms. The van der Waals surface area contributed by atoms with Crippen LogP contribution in [-0.2, 0) is 9.59 Å². The number of nitrogens with one attached hydrogen (secondary N) is 2. The lowest BCUT2D eigenvalue weighted by Crippen LogP contribution is -2.47. The van der Waals surface area contributed by atoms with Gasteiger partial charge in [-0.1, -0.05) is 19.1 Å². The van der Waals surface area contributed by atoms with E-state index in [-0.39, 0.29) is 17.9 Å². The molecule has 0 saturated carbocycles. The molecule has 2 aliphatic rings. The van der Waals surface area contributed by atoms with E-state index in [4.69, 9.17) is 0 Å². The van der Waals surface area contributed by atoms with Crippen LogP contribution in [0.5, 0.6) is 0 Å². The third-order valence-electron chi connectivity index (χ3n) is 5.00. The van der Waals surface area contributed by atoms with E-state index in [1.54, 1.807) is 0 Å².